The van der Waals surface area contributed by atoms with Gasteiger partial charge in [-0.25, -0.2) is 0 Å². The fourth-order valence-corrected chi connectivity index (χ4v) is 13.5. The molecule has 0 N–H and O–H groups in total. The van der Waals surface area contributed by atoms with Gasteiger partial charge in [-0.3, -0.25) is 0 Å². The topological polar surface area (TPSA) is 0 Å². The van der Waals surface area contributed by atoms with E-state index in [-0.39, 0.29) is 0 Å². The van der Waals surface area contributed by atoms with Crippen molar-refractivity contribution < 1.29 is 0 Å². The second-order valence-electron chi connectivity index (χ2n) is 10.3. The number of fused-ring (bicyclic) bond motifs is 7. The van der Waals surface area contributed by atoms with Crippen molar-refractivity contribution in [2.75, 3.05) is 0 Å². The van der Waals surface area contributed by atoms with Gasteiger partial charge in [0.25, 0.3) is 0 Å². The molecule has 3 heterocycles. The summed E-state index contributed by atoms with van der Waals surface area (Å²) in [5.74, 6) is 0. The van der Waals surface area contributed by atoms with Crippen LogP contribution >= 0.6 is 11.3 Å². The quantitative estimate of drug-likeness (QED) is 0.0863. The minimum atomic E-state index is 0.505. The zero-order chi connectivity index (χ0) is 24.0. The molecule has 0 aliphatic heterocycles. The molecule has 35 heavy (non-hydrogen) atoms. The van der Waals surface area contributed by atoms with E-state index in [4.69, 9.17) is 0 Å². The molecule has 5 rings (SSSR count). The third-order valence-electron chi connectivity index (χ3n) is 7.51. The van der Waals surface area contributed by atoms with E-state index >= 15 is 0 Å². The van der Waals surface area contributed by atoms with E-state index in [0.717, 1.165) is 0 Å². The fraction of sp³-hybridized carbons (Fsp3) is 0.500. The van der Waals surface area contributed by atoms with Crippen LogP contribution in [0.4, 0.5) is 0 Å². The molecule has 0 atom stereocenters. The van der Waals surface area contributed by atoms with Gasteiger partial charge in [-0.05, 0) is 0 Å². The average molecular weight is 615 g/mol. The summed E-state index contributed by atoms with van der Waals surface area (Å²) in [6, 6.07) is 15.0. The Morgan fingerprint density at radius 3 is 1.43 bits per heavy atom. The molecule has 2 aromatic carbocycles. The molecule has 0 aliphatic carbocycles. The van der Waals surface area contributed by atoms with Crippen molar-refractivity contribution in [2.24, 2.45) is 0 Å². The van der Waals surface area contributed by atoms with E-state index in [2.05, 4.69) is 61.6 Å². The second-order valence-corrected chi connectivity index (χ2v) is 16.9. The van der Waals surface area contributed by atoms with Crippen LogP contribution in [0.3, 0.4) is 0 Å². The van der Waals surface area contributed by atoms with Gasteiger partial charge >= 0.3 is 229 Å². The Kier molecular flexibility index (Phi) is 9.31. The zero-order valence-electron chi connectivity index (χ0n) is 21.6. The molecular formula is C32H40SSe2. The SMILES string of the molecule is CCCCCCCCc1ccc2[se]c3sc4[se]c5ccc(CCCCCCCC)cc5c4c3c2c1. The summed E-state index contributed by atoms with van der Waals surface area (Å²) in [4.78, 5) is 0. The standard InChI is InChI=1S/C32H40SSe2/c1-3-5-7-9-11-13-15-23-17-19-27-25(21-23)29-30-26-22-24(16-14-12-10-8-6-4-2)18-20-28(26)35-32(30)33-31(29)34-27/h17-22H,3-16H2,1-2H3. The first kappa shape index (κ1) is 25.8. The molecule has 0 fully saturated rings. The summed E-state index contributed by atoms with van der Waals surface area (Å²) in [6.07, 6.45) is 19.1. The van der Waals surface area contributed by atoms with Crippen LogP contribution in [0.1, 0.15) is 102 Å². The first-order valence-electron chi connectivity index (χ1n) is 14.1. The van der Waals surface area contributed by atoms with E-state index in [1.807, 2.05) is 0 Å². The van der Waals surface area contributed by atoms with Crippen LogP contribution in [0.15, 0.2) is 36.4 Å². The van der Waals surface area contributed by atoms with E-state index < -0.39 is 0 Å². The Balaban J connectivity index is 1.38. The third-order valence-corrected chi connectivity index (χ3v) is 14.3. The first-order valence-corrected chi connectivity index (χ1v) is 18.3. The Hall–Kier alpha value is -0.821. The van der Waals surface area contributed by atoms with Crippen molar-refractivity contribution in [1.82, 2.24) is 0 Å². The van der Waals surface area contributed by atoms with E-state index in [9.17, 15) is 0 Å². The van der Waals surface area contributed by atoms with Gasteiger partial charge in [-0.2, -0.15) is 0 Å². The van der Waals surface area contributed by atoms with Gasteiger partial charge < -0.3 is 0 Å². The van der Waals surface area contributed by atoms with Crippen LogP contribution in [-0.2, 0) is 12.8 Å². The number of hydrogen-bond acceptors (Lipinski definition) is 1. The fourth-order valence-electron chi connectivity index (χ4n) is 5.48. The molecule has 0 spiro atoms. The maximum absolute atomic E-state index is 2.58. The number of rotatable bonds is 14. The van der Waals surface area contributed by atoms with Crippen molar-refractivity contribution in [3.05, 3.63) is 47.5 Å². The molecule has 0 aliphatic rings. The monoisotopic (exact) mass is 616 g/mol. The van der Waals surface area contributed by atoms with Crippen LogP contribution in [0.5, 0.6) is 0 Å². The molecule has 3 aromatic heterocycles. The molecule has 0 unspecified atom stereocenters. The summed E-state index contributed by atoms with van der Waals surface area (Å²) in [5, 5.41) is 6.46. The molecule has 0 bridgehead atoms. The third kappa shape index (κ3) is 6.02. The Morgan fingerprint density at radius 2 is 0.971 bits per heavy atom. The zero-order valence-corrected chi connectivity index (χ0v) is 25.8. The number of hydrogen-bond donors (Lipinski definition) is 0. The molecular weight excluding hydrogens is 574 g/mol. The van der Waals surface area contributed by atoms with Crippen LogP contribution in [-0.4, -0.2) is 29.0 Å². The summed E-state index contributed by atoms with van der Waals surface area (Å²) in [7, 11) is 0. The summed E-state index contributed by atoms with van der Waals surface area (Å²) < 4.78 is 6.64. The number of thiophene rings is 1. The first-order chi connectivity index (χ1) is 17.3. The molecule has 186 valence electrons. The van der Waals surface area contributed by atoms with Crippen LogP contribution in [0, 0.1) is 0 Å². The molecule has 0 radical (unpaired) electrons. The predicted octanol–water partition coefficient (Wildman–Crippen LogP) is 10.3. The molecule has 0 amide bonds. The van der Waals surface area contributed by atoms with Gasteiger partial charge in [-0.15, -0.1) is 0 Å². The molecule has 0 saturated heterocycles. The van der Waals surface area contributed by atoms with Crippen molar-refractivity contribution in [2.45, 2.75) is 104 Å². The van der Waals surface area contributed by atoms with E-state index in [1.54, 1.807) is 48.3 Å². The van der Waals surface area contributed by atoms with Gasteiger partial charge in [0.1, 0.15) is 0 Å². The van der Waals surface area contributed by atoms with Crippen LogP contribution in [0.2, 0.25) is 0 Å². The van der Waals surface area contributed by atoms with Gasteiger partial charge in [0.2, 0.25) is 0 Å². The van der Waals surface area contributed by atoms with Crippen LogP contribution in [0.25, 0.3) is 37.2 Å². The minimum absolute atomic E-state index is 0.505. The Bertz CT molecular complexity index is 1280. The second kappa shape index (κ2) is 12.6. The van der Waals surface area contributed by atoms with Gasteiger partial charge in [0, 0.05) is 0 Å². The maximum atomic E-state index is 2.58. The van der Waals surface area contributed by atoms with Gasteiger partial charge in [0.15, 0.2) is 0 Å². The Labute approximate surface area is 227 Å². The Morgan fingerprint density at radius 1 is 0.543 bits per heavy atom. The molecule has 0 nitrogen and oxygen atoms in total. The predicted molar refractivity (Wildman–Crippen MR) is 162 cm³/mol. The van der Waals surface area contributed by atoms with Crippen molar-refractivity contribution in [3.8, 4) is 0 Å². The van der Waals surface area contributed by atoms with E-state index in [1.165, 1.54) is 89.9 Å². The molecule has 0 saturated carbocycles. The van der Waals surface area contributed by atoms with Gasteiger partial charge in [0.05, 0.1) is 0 Å². The van der Waals surface area contributed by atoms with Crippen molar-refractivity contribution >= 4 is 77.6 Å². The molecule has 3 heteroatoms. The normalized spacial score (nSPS) is 12.2. The number of aryl methyl sites for hydroxylation is 2. The number of unbranched alkanes of at least 4 members (excludes halogenated alkanes) is 10. The number of benzene rings is 2. The molecule has 5 aromatic rings. The summed E-state index contributed by atoms with van der Waals surface area (Å²) in [5.41, 5.74) is 3.12. The van der Waals surface area contributed by atoms with Crippen LogP contribution < -0.4 is 0 Å². The van der Waals surface area contributed by atoms with Gasteiger partial charge in [-0.1, -0.05) is 0 Å². The van der Waals surface area contributed by atoms with Crippen molar-refractivity contribution in [1.29, 1.82) is 0 Å². The summed E-state index contributed by atoms with van der Waals surface area (Å²) >= 11 is 3.16. The van der Waals surface area contributed by atoms with Crippen molar-refractivity contribution in [3.63, 3.8) is 0 Å². The summed E-state index contributed by atoms with van der Waals surface area (Å²) in [6.45, 7) is 4.61. The van der Waals surface area contributed by atoms with E-state index in [0.29, 0.717) is 29.0 Å². The average Bonchev–Trinajstić information content (AvgIpc) is 3.50.